The smallest absolute Gasteiger partial charge is 0.00460 e. The van der Waals surface area contributed by atoms with Gasteiger partial charge in [-0.1, -0.05) is 61.5 Å². The zero-order chi connectivity index (χ0) is 14.2. The Balaban J connectivity index is 2.19. The summed E-state index contributed by atoms with van der Waals surface area (Å²) in [5.74, 6) is 0.594. The van der Waals surface area contributed by atoms with Gasteiger partial charge in [-0.05, 0) is 55.5 Å². The predicted octanol–water partition coefficient (Wildman–Crippen LogP) is 4.18. The first-order valence-electron chi connectivity index (χ1n) is 7.61. The van der Waals surface area contributed by atoms with Crippen molar-refractivity contribution < 1.29 is 0 Å². The Labute approximate surface area is 123 Å². The molecule has 0 aromatic heterocycles. The van der Waals surface area contributed by atoms with Crippen LogP contribution in [0.5, 0.6) is 0 Å². The van der Waals surface area contributed by atoms with Gasteiger partial charge in [-0.15, -0.1) is 0 Å². The molecule has 1 N–H and O–H groups in total. The molecule has 1 heteroatoms. The Hall–Kier alpha value is -1.60. The van der Waals surface area contributed by atoms with Crippen molar-refractivity contribution in [2.75, 3.05) is 13.6 Å². The maximum Gasteiger partial charge on any atom is -0.00460 e. The molecule has 0 spiro atoms. The highest BCUT2D eigenvalue weighted by molar-refractivity contribution is 5.30. The van der Waals surface area contributed by atoms with Crippen molar-refractivity contribution >= 4 is 0 Å². The van der Waals surface area contributed by atoms with Crippen LogP contribution in [0.4, 0.5) is 0 Å². The third kappa shape index (κ3) is 3.94. The van der Waals surface area contributed by atoms with E-state index in [2.05, 4.69) is 66.8 Å². The molecule has 2 rings (SSSR count). The van der Waals surface area contributed by atoms with Gasteiger partial charge >= 0.3 is 0 Å². The lowest BCUT2D eigenvalue weighted by Gasteiger charge is -2.19. The molecule has 0 radical (unpaired) electrons. The first-order valence-corrected chi connectivity index (χ1v) is 7.61. The highest BCUT2D eigenvalue weighted by atomic mass is 14.8. The topological polar surface area (TPSA) is 12.0 Å². The Bertz CT molecular complexity index is 504. The average molecular weight is 267 g/mol. The molecule has 0 fully saturated rings. The van der Waals surface area contributed by atoms with Crippen LogP contribution in [0, 0.1) is 0 Å². The van der Waals surface area contributed by atoms with Crippen LogP contribution in [0.2, 0.25) is 0 Å². The molecule has 0 bridgehead atoms. The molecule has 0 heterocycles. The predicted molar refractivity (Wildman–Crippen MR) is 87.3 cm³/mol. The summed E-state index contributed by atoms with van der Waals surface area (Å²) in [6.07, 6.45) is 3.43. The second-order valence-electron chi connectivity index (χ2n) is 5.33. The van der Waals surface area contributed by atoms with Crippen LogP contribution in [0.3, 0.4) is 0 Å². The minimum atomic E-state index is 0.594. The number of hydrogen-bond donors (Lipinski definition) is 1. The van der Waals surface area contributed by atoms with Crippen molar-refractivity contribution in [1.29, 1.82) is 0 Å². The Kier molecular flexibility index (Phi) is 5.82. The van der Waals surface area contributed by atoms with E-state index in [0.717, 1.165) is 19.4 Å². The van der Waals surface area contributed by atoms with Gasteiger partial charge in [-0.2, -0.15) is 0 Å². The zero-order valence-corrected chi connectivity index (χ0v) is 12.6. The lowest BCUT2D eigenvalue weighted by atomic mass is 9.87. The van der Waals surface area contributed by atoms with Crippen LogP contribution in [-0.4, -0.2) is 13.6 Å². The molecule has 1 unspecified atom stereocenters. The molecule has 0 aliphatic carbocycles. The molecule has 1 nitrogen and oxygen atoms in total. The molecule has 20 heavy (non-hydrogen) atoms. The van der Waals surface area contributed by atoms with E-state index in [1.807, 2.05) is 7.05 Å². The van der Waals surface area contributed by atoms with E-state index in [4.69, 9.17) is 0 Å². The van der Waals surface area contributed by atoms with Gasteiger partial charge < -0.3 is 5.32 Å². The minimum Gasteiger partial charge on any atom is -0.320 e. The maximum absolute atomic E-state index is 3.28. The zero-order valence-electron chi connectivity index (χ0n) is 12.6. The van der Waals surface area contributed by atoms with Gasteiger partial charge in [0.25, 0.3) is 0 Å². The lowest BCUT2D eigenvalue weighted by Crippen LogP contribution is -2.14. The summed E-state index contributed by atoms with van der Waals surface area (Å²) in [6, 6.07) is 19.8. The fourth-order valence-electron chi connectivity index (χ4n) is 2.80. The molecular weight excluding hydrogens is 242 g/mol. The summed E-state index contributed by atoms with van der Waals surface area (Å²) in [4.78, 5) is 0. The highest BCUT2D eigenvalue weighted by Gasteiger charge is 2.13. The van der Waals surface area contributed by atoms with Crippen LogP contribution in [0.1, 0.15) is 36.0 Å². The van der Waals surface area contributed by atoms with Crippen molar-refractivity contribution in [3.05, 3.63) is 71.3 Å². The highest BCUT2D eigenvalue weighted by Crippen LogP contribution is 2.25. The summed E-state index contributed by atoms with van der Waals surface area (Å²) < 4.78 is 0. The summed E-state index contributed by atoms with van der Waals surface area (Å²) in [5, 5.41) is 3.28. The fraction of sp³-hybridized carbons (Fsp3) is 0.368. The molecule has 0 amide bonds. The van der Waals surface area contributed by atoms with Crippen molar-refractivity contribution in [3.63, 3.8) is 0 Å². The molecule has 0 aliphatic rings. The third-order valence-corrected chi connectivity index (χ3v) is 3.98. The number of nitrogens with one attached hydrogen (secondary N) is 1. The first-order chi connectivity index (χ1) is 9.85. The van der Waals surface area contributed by atoms with Gasteiger partial charge in [-0.3, -0.25) is 0 Å². The van der Waals surface area contributed by atoms with Gasteiger partial charge in [0.05, 0.1) is 0 Å². The summed E-state index contributed by atoms with van der Waals surface area (Å²) in [6.45, 7) is 3.30. The van der Waals surface area contributed by atoms with Crippen LogP contribution in [0.25, 0.3) is 0 Å². The standard InChI is InChI=1S/C19H25N/c1-3-16-9-7-8-12-18(16)15-19(13-14-20-2)17-10-5-4-6-11-17/h4-12,19-20H,3,13-15H2,1-2H3. The second kappa shape index (κ2) is 7.86. The normalized spacial score (nSPS) is 12.3. The molecule has 1 atom stereocenters. The van der Waals surface area contributed by atoms with E-state index < -0.39 is 0 Å². The van der Waals surface area contributed by atoms with Gasteiger partial charge in [0.2, 0.25) is 0 Å². The van der Waals surface area contributed by atoms with Gasteiger partial charge in [0.1, 0.15) is 0 Å². The second-order valence-corrected chi connectivity index (χ2v) is 5.33. The van der Waals surface area contributed by atoms with Crippen LogP contribution in [0.15, 0.2) is 54.6 Å². The van der Waals surface area contributed by atoms with Gasteiger partial charge in [0, 0.05) is 0 Å². The number of rotatable bonds is 7. The summed E-state index contributed by atoms with van der Waals surface area (Å²) >= 11 is 0. The minimum absolute atomic E-state index is 0.594. The van der Waals surface area contributed by atoms with Crippen LogP contribution < -0.4 is 5.32 Å². The van der Waals surface area contributed by atoms with Crippen molar-refractivity contribution in [1.82, 2.24) is 5.32 Å². The molecule has 0 saturated heterocycles. The van der Waals surface area contributed by atoms with E-state index in [0.29, 0.717) is 5.92 Å². The molecule has 0 saturated carbocycles. The monoisotopic (exact) mass is 267 g/mol. The number of aryl methyl sites for hydroxylation is 1. The van der Waals surface area contributed by atoms with Gasteiger partial charge in [-0.25, -0.2) is 0 Å². The van der Waals surface area contributed by atoms with Gasteiger partial charge in [0.15, 0.2) is 0 Å². The largest absolute Gasteiger partial charge is 0.320 e. The third-order valence-electron chi connectivity index (χ3n) is 3.98. The maximum atomic E-state index is 3.28. The lowest BCUT2D eigenvalue weighted by molar-refractivity contribution is 0.591. The van der Waals surface area contributed by atoms with E-state index in [9.17, 15) is 0 Å². The van der Waals surface area contributed by atoms with E-state index in [1.54, 1.807) is 0 Å². The molecule has 2 aromatic carbocycles. The van der Waals surface area contributed by atoms with E-state index in [-0.39, 0.29) is 0 Å². The summed E-state index contributed by atoms with van der Waals surface area (Å²) in [7, 11) is 2.03. The van der Waals surface area contributed by atoms with Crippen LogP contribution in [-0.2, 0) is 12.8 Å². The Morgan fingerprint density at radius 1 is 0.900 bits per heavy atom. The molecule has 2 aromatic rings. The summed E-state index contributed by atoms with van der Waals surface area (Å²) in [5.41, 5.74) is 4.44. The quantitative estimate of drug-likeness (QED) is 0.793. The molecule has 106 valence electrons. The molecule has 0 aliphatic heterocycles. The van der Waals surface area contributed by atoms with E-state index in [1.165, 1.54) is 23.1 Å². The SMILES string of the molecule is CCc1ccccc1CC(CCNC)c1ccccc1. The average Bonchev–Trinajstić information content (AvgIpc) is 2.52. The molecular formula is C19H25N. The van der Waals surface area contributed by atoms with Crippen molar-refractivity contribution in [3.8, 4) is 0 Å². The first kappa shape index (κ1) is 14.8. The van der Waals surface area contributed by atoms with E-state index >= 15 is 0 Å². The Morgan fingerprint density at radius 2 is 1.55 bits per heavy atom. The Morgan fingerprint density at radius 3 is 2.20 bits per heavy atom. The number of hydrogen-bond acceptors (Lipinski definition) is 1. The fourth-order valence-corrected chi connectivity index (χ4v) is 2.80. The van der Waals surface area contributed by atoms with Crippen LogP contribution >= 0.6 is 0 Å². The van der Waals surface area contributed by atoms with Crippen molar-refractivity contribution in [2.24, 2.45) is 0 Å². The number of benzene rings is 2. The van der Waals surface area contributed by atoms with Crippen molar-refractivity contribution in [2.45, 2.75) is 32.1 Å².